The summed E-state index contributed by atoms with van der Waals surface area (Å²) in [6.45, 7) is 60.2. The van der Waals surface area contributed by atoms with E-state index in [9.17, 15) is 25.2 Å². The number of morpholine rings is 1. The molecule has 8 aliphatic heterocycles. The lowest BCUT2D eigenvalue weighted by molar-refractivity contribution is -0.142. The van der Waals surface area contributed by atoms with Gasteiger partial charge < -0.3 is 69.7 Å². The molecule has 15 heterocycles. The van der Waals surface area contributed by atoms with Crippen molar-refractivity contribution in [3.8, 4) is 0 Å². The van der Waals surface area contributed by atoms with Crippen LogP contribution in [0.15, 0.2) is 128 Å². The van der Waals surface area contributed by atoms with Gasteiger partial charge in [0.15, 0.2) is 0 Å². The van der Waals surface area contributed by atoms with Gasteiger partial charge in [-0.3, -0.25) is 44.6 Å². The molecule has 7 aromatic heterocycles. The number of aliphatic hydroxyl groups excluding tert-OH is 4. The third kappa shape index (κ3) is 33.5. The van der Waals surface area contributed by atoms with Crippen LogP contribution >= 0.6 is 0 Å². The molecule has 0 aromatic carbocycles. The molecule has 8 fully saturated rings. The highest BCUT2D eigenvalue weighted by molar-refractivity contribution is 5.70. The smallest absolute Gasteiger partial charge is 0.306 e. The number of aliphatic carboxylic acids is 1. The molecule has 0 saturated carbocycles. The molecule has 15 rings (SSSR count). The second-order valence-electron chi connectivity index (χ2n) is 41.2. The van der Waals surface area contributed by atoms with Gasteiger partial charge >= 0.3 is 5.97 Å². The van der Waals surface area contributed by atoms with Gasteiger partial charge in [-0.1, -0.05) is 104 Å². The van der Waals surface area contributed by atoms with E-state index in [-0.39, 0.29) is 23.5 Å². The molecule has 720 valence electrons. The Morgan fingerprint density at radius 2 is 0.600 bits per heavy atom. The normalized spacial score (nSPS) is 19.0. The summed E-state index contributed by atoms with van der Waals surface area (Å²) in [5.41, 5.74) is 16.0. The van der Waals surface area contributed by atoms with Crippen molar-refractivity contribution in [1.82, 2.24) is 39.8 Å². The summed E-state index contributed by atoms with van der Waals surface area (Å²) in [6.07, 6.45) is 28.2. The van der Waals surface area contributed by atoms with E-state index in [4.69, 9.17) is 14.9 Å². The van der Waals surface area contributed by atoms with E-state index in [1.807, 2.05) is 64.9 Å². The summed E-state index contributed by atoms with van der Waals surface area (Å²) in [5, 5.41) is 56.7. The summed E-state index contributed by atoms with van der Waals surface area (Å²) in [7, 11) is 0. The maximum Gasteiger partial charge on any atom is 0.306 e. The van der Waals surface area contributed by atoms with Crippen molar-refractivity contribution in [2.75, 3.05) is 172 Å². The molecular formula is C107H169N15O8. The highest BCUT2D eigenvalue weighted by Gasteiger charge is 2.34. The van der Waals surface area contributed by atoms with Crippen LogP contribution in [-0.4, -0.2) is 232 Å². The first-order valence-electron chi connectivity index (χ1n) is 49.9. The maximum absolute atomic E-state index is 10.9. The first kappa shape index (κ1) is 106. The summed E-state index contributed by atoms with van der Waals surface area (Å²) in [6, 6.07) is 30.0. The van der Waals surface area contributed by atoms with E-state index in [2.05, 4.69) is 269 Å². The minimum Gasteiger partial charge on any atom is -0.481 e. The highest BCUT2D eigenvalue weighted by atomic mass is 16.5. The number of hydrogen-bond acceptors (Lipinski definition) is 22. The maximum atomic E-state index is 10.9. The second-order valence-corrected chi connectivity index (χ2v) is 41.2. The molecule has 23 heteroatoms. The largest absolute Gasteiger partial charge is 0.481 e. The number of piperidine rings is 7. The standard InChI is InChI=1S/C18H29N3O.C16H26N2O.3C15H24N2O.C14H20N2O2.C14H22N2O/c1-15(2)18-4-3-17(13-19-18)21-7-5-16(6-8-21)14-20-9-11-22-12-10-20;1-12(2)15-6-5-14(11-17-15)18-9-7-13(8-10-18)16(3,4)19;1-12(2)14-5-4-13(10-16-14)17-8-6-15(3,11-18)7-9-17;2*1-11(2)15-5-4-14(10-16-15)17-8-6-13(7-9-17)12(3)18;1-10(2)13-4-3-12(9-15-13)16-7-5-11(6-8-16)14(17)18;1-11(2)14-4-3-13(9-15-14)16-7-5-12(10-17)6-8-16/h3-4,13,15-16H,5-12,14H2,1-2H3;5-6,11-13,19H,7-10H2,1-4H3;4-5,10,12,18H,6-9,11H2,1-3H3;2*4-5,10-13,18H,6-9H2,1-3H3;3-4,9-11H,5-8H2,1-2H3,(H,17,18);3-4,9,11-12,17H,5-8,10H2,1-2H3/t;;;12-;;;/m...0.../s1. The van der Waals surface area contributed by atoms with Crippen LogP contribution in [-0.2, 0) is 9.53 Å². The van der Waals surface area contributed by atoms with E-state index in [0.29, 0.717) is 78.3 Å². The van der Waals surface area contributed by atoms with Crippen LogP contribution in [0, 0.1) is 40.9 Å². The van der Waals surface area contributed by atoms with Crippen molar-refractivity contribution in [3.05, 3.63) is 168 Å². The number of anilines is 7. The van der Waals surface area contributed by atoms with Crippen LogP contribution in [0.4, 0.5) is 39.8 Å². The second kappa shape index (κ2) is 52.5. The predicted octanol–water partition coefficient (Wildman–Crippen LogP) is 19.3. The Morgan fingerprint density at radius 1 is 0.362 bits per heavy atom. The van der Waals surface area contributed by atoms with Gasteiger partial charge in [0.05, 0.1) is 120 Å². The van der Waals surface area contributed by atoms with Gasteiger partial charge in [-0.25, -0.2) is 0 Å². The third-order valence-corrected chi connectivity index (χ3v) is 28.3. The van der Waals surface area contributed by atoms with Crippen molar-refractivity contribution in [2.24, 2.45) is 40.9 Å². The number of aromatic nitrogens is 7. The van der Waals surface area contributed by atoms with Crippen LogP contribution in [0.3, 0.4) is 0 Å². The molecule has 0 aliphatic carbocycles. The molecule has 6 N–H and O–H groups in total. The van der Waals surface area contributed by atoms with E-state index in [0.717, 1.165) is 241 Å². The first-order valence-corrected chi connectivity index (χ1v) is 49.9. The zero-order valence-corrected chi connectivity index (χ0v) is 83.2. The van der Waals surface area contributed by atoms with E-state index >= 15 is 0 Å². The molecule has 0 radical (unpaired) electrons. The monoisotopic (exact) mass is 1790 g/mol. The molecule has 1 unspecified atom stereocenters. The third-order valence-electron chi connectivity index (χ3n) is 28.3. The Bertz CT molecular complexity index is 4170. The molecule has 8 saturated heterocycles. The fourth-order valence-electron chi connectivity index (χ4n) is 18.4. The minimum atomic E-state index is -0.664. The lowest BCUT2D eigenvalue weighted by Crippen LogP contribution is -2.42. The molecule has 0 amide bonds. The summed E-state index contributed by atoms with van der Waals surface area (Å²) >= 11 is 0. The zero-order chi connectivity index (χ0) is 94.2. The van der Waals surface area contributed by atoms with Crippen LogP contribution in [0.25, 0.3) is 0 Å². The van der Waals surface area contributed by atoms with E-state index in [1.165, 1.54) is 59.2 Å². The Labute approximate surface area is 783 Å². The van der Waals surface area contributed by atoms with Crippen molar-refractivity contribution in [1.29, 1.82) is 0 Å². The number of carboxylic acids is 1. The number of aliphatic hydroxyl groups is 5. The number of pyridine rings is 7. The number of hydrogen-bond donors (Lipinski definition) is 6. The van der Waals surface area contributed by atoms with Crippen molar-refractivity contribution in [3.63, 3.8) is 0 Å². The molecule has 2 atom stereocenters. The SMILES string of the molecule is CC(C)c1ccc(N2CCC(C(=O)O)CC2)cn1.CC(C)c1ccc(N2CCC(C(C)(C)O)CC2)cn1.CC(C)c1ccc(N2CCC(C(C)O)CC2)cn1.CC(C)c1ccc(N2CCC(C)(CO)CC2)cn1.CC(C)c1ccc(N2CCC(CN3CCOCC3)CC2)cn1.CC(C)c1ccc(N2CCC(CO)CC2)cn1.CC(C)c1ccc(N2CCC([C@H](C)O)CC2)cn1. The van der Waals surface area contributed by atoms with Crippen molar-refractivity contribution >= 4 is 45.8 Å². The van der Waals surface area contributed by atoms with Crippen LogP contribution < -0.4 is 34.3 Å². The molecule has 0 bridgehead atoms. The number of carbonyl (C=O) groups is 1. The van der Waals surface area contributed by atoms with Gasteiger partial charge in [0, 0.05) is 164 Å². The highest BCUT2D eigenvalue weighted by Crippen LogP contribution is 2.36. The first-order chi connectivity index (χ1) is 62.1. The van der Waals surface area contributed by atoms with Crippen molar-refractivity contribution < 1.29 is 40.2 Å². The van der Waals surface area contributed by atoms with E-state index < -0.39 is 11.6 Å². The molecule has 8 aliphatic rings. The van der Waals surface area contributed by atoms with E-state index in [1.54, 1.807) is 0 Å². The fourth-order valence-corrected chi connectivity index (χ4v) is 18.4. The van der Waals surface area contributed by atoms with Crippen LogP contribution in [0.1, 0.15) is 303 Å². The van der Waals surface area contributed by atoms with Gasteiger partial charge in [-0.15, -0.1) is 0 Å². The Morgan fingerprint density at radius 3 is 0.815 bits per heavy atom. The van der Waals surface area contributed by atoms with Crippen LogP contribution in [0.5, 0.6) is 0 Å². The Hall–Kier alpha value is -8.16. The number of carboxylic acid groups (broad SMARTS) is 1. The molecular weight excluding hydrogens is 1620 g/mol. The number of nitrogens with zero attached hydrogens (tertiary/aromatic N) is 15. The van der Waals surface area contributed by atoms with Crippen molar-refractivity contribution in [2.45, 2.75) is 281 Å². The van der Waals surface area contributed by atoms with Gasteiger partial charge in [-0.05, 0) is 279 Å². The minimum absolute atomic E-state index is 0.113. The quantitative estimate of drug-likeness (QED) is 0.0368. The zero-order valence-electron chi connectivity index (χ0n) is 83.2. The summed E-state index contributed by atoms with van der Waals surface area (Å²) in [5.74, 6) is 5.21. The lowest BCUT2D eigenvalue weighted by Gasteiger charge is -2.39. The van der Waals surface area contributed by atoms with Gasteiger partial charge in [0.25, 0.3) is 0 Å². The summed E-state index contributed by atoms with van der Waals surface area (Å²) in [4.78, 5) is 61.7. The van der Waals surface area contributed by atoms with Gasteiger partial charge in [0.2, 0.25) is 0 Å². The van der Waals surface area contributed by atoms with Gasteiger partial charge in [-0.2, -0.15) is 0 Å². The molecule has 130 heavy (non-hydrogen) atoms. The number of rotatable bonds is 22. The lowest BCUT2D eigenvalue weighted by atomic mass is 9.81. The summed E-state index contributed by atoms with van der Waals surface area (Å²) < 4.78 is 5.43. The van der Waals surface area contributed by atoms with Crippen LogP contribution in [0.2, 0.25) is 0 Å². The molecule has 7 aromatic rings. The fraction of sp³-hybridized carbons (Fsp3) is 0.664. The average Bonchev–Trinajstić information content (AvgIpc) is 0.838. The Kier molecular flexibility index (Phi) is 42.6. The molecule has 23 nitrogen and oxygen atoms in total. The average molecular weight is 1790 g/mol. The predicted molar refractivity (Wildman–Crippen MR) is 536 cm³/mol. The molecule has 0 spiro atoms. The number of ether oxygens (including phenoxy) is 1. The van der Waals surface area contributed by atoms with Gasteiger partial charge in [0.1, 0.15) is 0 Å². The Balaban J connectivity index is 0.000000171. The topological polar surface area (TPSA) is 264 Å².